The number of nitrogens with zero attached hydrogens (tertiary/aromatic N) is 1. The first-order valence-corrected chi connectivity index (χ1v) is 8.72. The topological polar surface area (TPSA) is 63.2 Å². The average molecular weight is 336 g/mol. The summed E-state index contributed by atoms with van der Waals surface area (Å²) in [4.78, 5) is 2.54. The summed E-state index contributed by atoms with van der Waals surface area (Å²) in [5, 5.41) is 13.6. The molecule has 0 saturated carbocycles. The maximum atomic E-state index is 10.2. The molecule has 0 aromatic heterocycles. The fourth-order valence-corrected chi connectivity index (χ4v) is 3.86. The lowest BCUT2D eigenvalue weighted by atomic mass is 9.85. The highest BCUT2D eigenvalue weighted by Crippen LogP contribution is 2.43. The molecule has 0 aliphatic carbocycles. The van der Waals surface area contributed by atoms with E-state index in [0.29, 0.717) is 23.5 Å². The molecule has 0 spiro atoms. The number of benzene rings is 1. The molecule has 2 fully saturated rings. The SMILES string of the molecule is COc1cc([C@@H](C2CCOCC2)N2CCNCC2)cc(OC)c1O. The molecule has 0 unspecified atom stereocenters. The molecular formula is C18H28N2O4. The number of hydrogen-bond acceptors (Lipinski definition) is 6. The van der Waals surface area contributed by atoms with Crippen LogP contribution in [0.1, 0.15) is 24.4 Å². The predicted molar refractivity (Wildman–Crippen MR) is 91.9 cm³/mol. The molecule has 2 aliphatic rings. The molecule has 0 amide bonds. The Labute approximate surface area is 143 Å². The van der Waals surface area contributed by atoms with Crippen molar-refractivity contribution < 1.29 is 19.3 Å². The van der Waals surface area contributed by atoms with Gasteiger partial charge in [-0.2, -0.15) is 0 Å². The zero-order valence-corrected chi connectivity index (χ0v) is 14.6. The second-order valence-corrected chi connectivity index (χ2v) is 6.45. The molecule has 24 heavy (non-hydrogen) atoms. The van der Waals surface area contributed by atoms with Gasteiger partial charge in [0.2, 0.25) is 5.75 Å². The van der Waals surface area contributed by atoms with Crippen molar-refractivity contribution in [3.05, 3.63) is 17.7 Å². The molecule has 2 saturated heterocycles. The molecule has 1 aromatic carbocycles. The standard InChI is InChI=1S/C18H28N2O4/c1-22-15-11-14(12-16(23-2)18(15)21)17(13-3-9-24-10-4-13)20-7-5-19-6-8-20/h11-13,17,19,21H,3-10H2,1-2H3/t17-/m1/s1. The Balaban J connectivity index is 1.97. The Bertz CT molecular complexity index is 497. The number of nitrogens with one attached hydrogen (secondary N) is 1. The second kappa shape index (κ2) is 8.05. The first-order chi connectivity index (χ1) is 11.7. The Hall–Kier alpha value is -1.50. The lowest BCUT2D eigenvalue weighted by Gasteiger charge is -2.41. The van der Waals surface area contributed by atoms with Crippen molar-refractivity contribution >= 4 is 0 Å². The summed E-state index contributed by atoms with van der Waals surface area (Å²) in [6, 6.07) is 4.21. The number of piperazine rings is 1. The van der Waals surface area contributed by atoms with Crippen LogP contribution in [0.3, 0.4) is 0 Å². The number of phenolic OH excluding ortho intramolecular Hbond substituents is 1. The highest BCUT2D eigenvalue weighted by Gasteiger charge is 2.32. The quantitative estimate of drug-likeness (QED) is 0.855. The molecule has 134 valence electrons. The van der Waals surface area contributed by atoms with E-state index >= 15 is 0 Å². The molecule has 2 heterocycles. The van der Waals surface area contributed by atoms with Gasteiger partial charge in [0.15, 0.2) is 11.5 Å². The van der Waals surface area contributed by atoms with Crippen molar-refractivity contribution in [1.29, 1.82) is 0 Å². The molecule has 6 nitrogen and oxygen atoms in total. The Kier molecular flexibility index (Phi) is 5.81. The van der Waals surface area contributed by atoms with Crippen molar-refractivity contribution in [2.24, 2.45) is 5.92 Å². The maximum Gasteiger partial charge on any atom is 0.200 e. The largest absolute Gasteiger partial charge is 0.502 e. The van der Waals surface area contributed by atoms with Gasteiger partial charge in [-0.1, -0.05) is 0 Å². The van der Waals surface area contributed by atoms with Crippen molar-refractivity contribution in [1.82, 2.24) is 10.2 Å². The highest BCUT2D eigenvalue weighted by atomic mass is 16.5. The monoisotopic (exact) mass is 336 g/mol. The summed E-state index contributed by atoms with van der Waals surface area (Å²) < 4.78 is 16.3. The number of phenols is 1. The number of hydrogen-bond donors (Lipinski definition) is 2. The van der Waals surface area contributed by atoms with Gasteiger partial charge in [-0.05, 0) is 36.5 Å². The molecule has 0 bridgehead atoms. The fraction of sp³-hybridized carbons (Fsp3) is 0.667. The molecule has 0 radical (unpaired) electrons. The Morgan fingerprint density at radius 1 is 1.12 bits per heavy atom. The normalized spacial score (nSPS) is 21.4. The van der Waals surface area contributed by atoms with E-state index in [9.17, 15) is 5.11 Å². The van der Waals surface area contributed by atoms with Crippen LogP contribution < -0.4 is 14.8 Å². The van der Waals surface area contributed by atoms with Crippen LogP contribution in [0.15, 0.2) is 12.1 Å². The molecule has 3 rings (SSSR count). The minimum absolute atomic E-state index is 0.0646. The van der Waals surface area contributed by atoms with E-state index in [4.69, 9.17) is 14.2 Å². The predicted octanol–water partition coefficient (Wildman–Crippen LogP) is 1.78. The first-order valence-electron chi connectivity index (χ1n) is 8.72. The summed E-state index contributed by atoms with van der Waals surface area (Å²) in [5.41, 5.74) is 1.15. The van der Waals surface area contributed by atoms with Gasteiger partial charge in [0, 0.05) is 45.4 Å². The zero-order chi connectivity index (χ0) is 16.9. The minimum atomic E-state index is 0.0646. The summed E-state index contributed by atoms with van der Waals surface area (Å²) >= 11 is 0. The van der Waals surface area contributed by atoms with Crippen molar-refractivity contribution in [3.63, 3.8) is 0 Å². The van der Waals surface area contributed by atoms with Crippen molar-refractivity contribution in [2.45, 2.75) is 18.9 Å². The summed E-state index contributed by atoms with van der Waals surface area (Å²) in [6.45, 7) is 5.69. The molecule has 1 atom stereocenters. The first kappa shape index (κ1) is 17.3. The third kappa shape index (κ3) is 3.61. The van der Waals surface area contributed by atoms with Crippen LogP contribution in [0, 0.1) is 5.92 Å². The summed E-state index contributed by atoms with van der Waals surface area (Å²) in [5.74, 6) is 1.54. The van der Waals surface area contributed by atoms with Gasteiger partial charge in [-0.25, -0.2) is 0 Å². The van der Waals surface area contributed by atoms with E-state index in [0.717, 1.165) is 57.8 Å². The zero-order valence-electron chi connectivity index (χ0n) is 14.6. The van der Waals surface area contributed by atoms with Crippen LogP contribution in [0.4, 0.5) is 0 Å². The Morgan fingerprint density at radius 3 is 2.25 bits per heavy atom. The van der Waals surface area contributed by atoms with Gasteiger partial charge in [-0.3, -0.25) is 4.90 Å². The minimum Gasteiger partial charge on any atom is -0.502 e. The van der Waals surface area contributed by atoms with Gasteiger partial charge >= 0.3 is 0 Å². The van der Waals surface area contributed by atoms with E-state index in [1.807, 2.05) is 12.1 Å². The van der Waals surface area contributed by atoms with Gasteiger partial charge in [0.05, 0.1) is 14.2 Å². The number of methoxy groups -OCH3 is 2. The van der Waals surface area contributed by atoms with Crippen LogP contribution in [-0.2, 0) is 4.74 Å². The van der Waals surface area contributed by atoms with Crippen LogP contribution >= 0.6 is 0 Å². The van der Waals surface area contributed by atoms with Gasteiger partial charge in [0.1, 0.15) is 0 Å². The van der Waals surface area contributed by atoms with E-state index in [-0.39, 0.29) is 5.75 Å². The average Bonchev–Trinajstić information content (AvgIpc) is 2.65. The lowest BCUT2D eigenvalue weighted by molar-refractivity contribution is 0.0212. The van der Waals surface area contributed by atoms with Gasteiger partial charge < -0.3 is 24.6 Å². The van der Waals surface area contributed by atoms with E-state index in [1.54, 1.807) is 14.2 Å². The van der Waals surface area contributed by atoms with Crippen LogP contribution in [0.2, 0.25) is 0 Å². The second-order valence-electron chi connectivity index (χ2n) is 6.45. The number of rotatable bonds is 5. The van der Waals surface area contributed by atoms with Crippen LogP contribution in [0.5, 0.6) is 17.2 Å². The number of ether oxygens (including phenoxy) is 3. The molecule has 2 N–H and O–H groups in total. The molecule has 2 aliphatic heterocycles. The highest BCUT2D eigenvalue weighted by molar-refractivity contribution is 5.53. The summed E-state index contributed by atoms with van der Waals surface area (Å²) in [7, 11) is 3.15. The van der Waals surface area contributed by atoms with Crippen molar-refractivity contribution in [2.75, 3.05) is 53.6 Å². The number of aromatic hydroxyl groups is 1. The third-order valence-electron chi connectivity index (χ3n) is 5.10. The maximum absolute atomic E-state index is 10.2. The van der Waals surface area contributed by atoms with Crippen LogP contribution in [0.25, 0.3) is 0 Å². The molecule has 1 aromatic rings. The molecule has 6 heteroatoms. The summed E-state index contributed by atoms with van der Waals surface area (Å²) in [6.07, 6.45) is 2.11. The third-order valence-corrected chi connectivity index (χ3v) is 5.10. The Morgan fingerprint density at radius 2 is 1.71 bits per heavy atom. The smallest absolute Gasteiger partial charge is 0.200 e. The van der Waals surface area contributed by atoms with Crippen LogP contribution in [-0.4, -0.2) is 63.6 Å². The van der Waals surface area contributed by atoms with Crippen molar-refractivity contribution in [3.8, 4) is 17.2 Å². The molecular weight excluding hydrogens is 308 g/mol. The lowest BCUT2D eigenvalue weighted by Crippen LogP contribution is -2.47. The van der Waals surface area contributed by atoms with E-state index in [1.165, 1.54) is 0 Å². The van der Waals surface area contributed by atoms with Gasteiger partial charge in [-0.15, -0.1) is 0 Å². The van der Waals surface area contributed by atoms with E-state index < -0.39 is 0 Å². The fourth-order valence-electron chi connectivity index (χ4n) is 3.86. The van der Waals surface area contributed by atoms with Gasteiger partial charge in [0.25, 0.3) is 0 Å². The van der Waals surface area contributed by atoms with E-state index in [2.05, 4.69) is 10.2 Å².